The predicted octanol–water partition coefficient (Wildman–Crippen LogP) is 5.59. The average Bonchev–Trinajstić information content (AvgIpc) is 3.25. The third-order valence-electron chi connectivity index (χ3n) is 5.59. The maximum absolute atomic E-state index is 14.4. The SMILES string of the molecule is COc1ccc([C@H](Oc2ccc3c(cnn3-c3ccc(F)cc3)c2)[C@H](C)NC(=O)C(C)(F)F)cc1F. The van der Waals surface area contributed by atoms with Gasteiger partial charge < -0.3 is 14.8 Å². The maximum Gasteiger partial charge on any atom is 0.321 e. The van der Waals surface area contributed by atoms with E-state index in [9.17, 15) is 22.4 Å². The summed E-state index contributed by atoms with van der Waals surface area (Å²) < 4.78 is 67.4. The maximum atomic E-state index is 14.4. The molecule has 1 amide bonds. The second-order valence-electron chi connectivity index (χ2n) is 8.34. The number of amides is 1. The van der Waals surface area contributed by atoms with Crippen LogP contribution in [0.4, 0.5) is 17.6 Å². The van der Waals surface area contributed by atoms with E-state index in [1.807, 2.05) is 0 Å². The Morgan fingerprint density at radius 3 is 2.42 bits per heavy atom. The molecule has 1 aromatic heterocycles. The van der Waals surface area contributed by atoms with Crippen LogP contribution < -0.4 is 14.8 Å². The van der Waals surface area contributed by atoms with E-state index in [0.29, 0.717) is 34.8 Å². The van der Waals surface area contributed by atoms with E-state index in [1.54, 1.807) is 41.2 Å². The van der Waals surface area contributed by atoms with Gasteiger partial charge in [0.25, 0.3) is 5.91 Å². The van der Waals surface area contributed by atoms with Crippen molar-refractivity contribution < 1.29 is 31.8 Å². The van der Waals surface area contributed by atoms with Crippen molar-refractivity contribution in [1.29, 1.82) is 0 Å². The third kappa shape index (κ3) is 5.27. The van der Waals surface area contributed by atoms with Crippen LogP contribution in [0, 0.1) is 11.6 Å². The van der Waals surface area contributed by atoms with Gasteiger partial charge in [-0.25, -0.2) is 13.5 Å². The molecule has 3 aromatic carbocycles. The molecule has 10 heteroatoms. The second kappa shape index (κ2) is 9.88. The monoisotopic (exact) mass is 501 g/mol. The van der Waals surface area contributed by atoms with Gasteiger partial charge in [-0.2, -0.15) is 13.9 Å². The lowest BCUT2D eigenvalue weighted by atomic mass is 10.0. The minimum Gasteiger partial charge on any atom is -0.494 e. The van der Waals surface area contributed by atoms with E-state index in [0.717, 1.165) is 0 Å². The number of aromatic nitrogens is 2. The molecule has 36 heavy (non-hydrogen) atoms. The predicted molar refractivity (Wildman–Crippen MR) is 126 cm³/mol. The summed E-state index contributed by atoms with van der Waals surface area (Å²) in [4.78, 5) is 11.9. The van der Waals surface area contributed by atoms with Crippen LogP contribution in [0.1, 0.15) is 25.5 Å². The molecule has 0 fully saturated rings. The average molecular weight is 501 g/mol. The number of nitrogens with one attached hydrogen (secondary N) is 1. The van der Waals surface area contributed by atoms with Crippen LogP contribution in [0.3, 0.4) is 0 Å². The van der Waals surface area contributed by atoms with Gasteiger partial charge in [0.1, 0.15) is 17.7 Å². The number of carbonyl (C=O) groups is 1. The van der Waals surface area contributed by atoms with E-state index in [-0.39, 0.29) is 11.6 Å². The fourth-order valence-corrected chi connectivity index (χ4v) is 3.75. The zero-order chi connectivity index (χ0) is 26.0. The van der Waals surface area contributed by atoms with Crippen LogP contribution in [-0.2, 0) is 4.79 Å². The number of fused-ring (bicyclic) bond motifs is 1. The molecule has 6 nitrogen and oxygen atoms in total. The van der Waals surface area contributed by atoms with Crippen molar-refractivity contribution in [3.63, 3.8) is 0 Å². The fraction of sp³-hybridized carbons (Fsp3) is 0.231. The van der Waals surface area contributed by atoms with Gasteiger partial charge in [0, 0.05) is 12.3 Å². The first-order valence-corrected chi connectivity index (χ1v) is 11.0. The lowest BCUT2D eigenvalue weighted by Crippen LogP contribution is -2.46. The molecular formula is C26H23F4N3O3. The smallest absolute Gasteiger partial charge is 0.321 e. The number of nitrogens with zero attached hydrogens (tertiary/aromatic N) is 2. The Hall–Kier alpha value is -4.08. The van der Waals surface area contributed by atoms with Gasteiger partial charge in [-0.3, -0.25) is 4.79 Å². The summed E-state index contributed by atoms with van der Waals surface area (Å²) in [6, 6.07) is 14.0. The van der Waals surface area contributed by atoms with Crippen LogP contribution >= 0.6 is 0 Å². The van der Waals surface area contributed by atoms with Gasteiger partial charge in [-0.05, 0) is 67.1 Å². The van der Waals surface area contributed by atoms with E-state index < -0.39 is 29.8 Å². The normalized spacial score (nSPS) is 13.3. The molecule has 0 spiro atoms. The minimum absolute atomic E-state index is 0.00362. The highest BCUT2D eigenvalue weighted by molar-refractivity contribution is 5.83. The van der Waals surface area contributed by atoms with Gasteiger partial charge >= 0.3 is 5.92 Å². The molecule has 0 radical (unpaired) electrons. The van der Waals surface area contributed by atoms with Gasteiger partial charge in [0.15, 0.2) is 11.6 Å². The molecule has 1 N–H and O–H groups in total. The number of benzene rings is 3. The first kappa shape index (κ1) is 25.0. The number of rotatable bonds is 8. The number of hydrogen-bond donors (Lipinski definition) is 1. The van der Waals surface area contributed by atoms with Gasteiger partial charge in [0.2, 0.25) is 0 Å². The number of hydrogen-bond acceptors (Lipinski definition) is 4. The van der Waals surface area contributed by atoms with Gasteiger partial charge in [-0.15, -0.1) is 0 Å². The summed E-state index contributed by atoms with van der Waals surface area (Å²) in [6.07, 6.45) is 0.581. The number of alkyl halides is 2. The van der Waals surface area contributed by atoms with E-state index >= 15 is 0 Å². The summed E-state index contributed by atoms with van der Waals surface area (Å²) in [5, 5.41) is 7.27. The third-order valence-corrected chi connectivity index (χ3v) is 5.59. The molecule has 0 unspecified atom stereocenters. The molecule has 4 rings (SSSR count). The second-order valence-corrected chi connectivity index (χ2v) is 8.34. The van der Waals surface area contributed by atoms with Crippen molar-refractivity contribution in [2.45, 2.75) is 31.9 Å². The lowest BCUT2D eigenvalue weighted by molar-refractivity contribution is -0.144. The number of halogens is 4. The molecule has 0 saturated heterocycles. The number of methoxy groups -OCH3 is 1. The Labute approximate surface area is 204 Å². The van der Waals surface area contributed by atoms with Crippen molar-refractivity contribution in [3.8, 4) is 17.2 Å². The molecule has 4 aromatic rings. The first-order valence-electron chi connectivity index (χ1n) is 11.0. The summed E-state index contributed by atoms with van der Waals surface area (Å²) in [5.74, 6) is -5.77. The largest absolute Gasteiger partial charge is 0.494 e. The summed E-state index contributed by atoms with van der Waals surface area (Å²) in [5.41, 5.74) is 1.68. The van der Waals surface area contributed by atoms with Crippen LogP contribution in [-0.4, -0.2) is 34.8 Å². The Morgan fingerprint density at radius 2 is 1.78 bits per heavy atom. The first-order chi connectivity index (χ1) is 17.1. The van der Waals surface area contributed by atoms with Crippen molar-refractivity contribution >= 4 is 16.8 Å². The summed E-state index contributed by atoms with van der Waals surface area (Å²) in [6.45, 7) is 1.98. The van der Waals surface area contributed by atoms with E-state index in [2.05, 4.69) is 10.4 Å². The van der Waals surface area contributed by atoms with E-state index in [4.69, 9.17) is 9.47 Å². The molecule has 2 atom stereocenters. The zero-order valence-corrected chi connectivity index (χ0v) is 19.6. The Kier molecular flexibility index (Phi) is 6.87. The van der Waals surface area contributed by atoms with Crippen molar-refractivity contribution in [3.05, 3.63) is 84.1 Å². The highest BCUT2D eigenvalue weighted by atomic mass is 19.3. The van der Waals surface area contributed by atoms with Crippen LogP contribution in [0.25, 0.3) is 16.6 Å². The molecule has 0 saturated carbocycles. The van der Waals surface area contributed by atoms with Crippen LogP contribution in [0.2, 0.25) is 0 Å². The molecule has 188 valence electrons. The molecule has 0 aliphatic rings. The minimum atomic E-state index is -3.60. The molecule has 0 bridgehead atoms. The Bertz CT molecular complexity index is 1380. The van der Waals surface area contributed by atoms with Crippen LogP contribution in [0.15, 0.2) is 66.9 Å². The van der Waals surface area contributed by atoms with Crippen molar-refractivity contribution in [2.75, 3.05) is 7.11 Å². The zero-order valence-electron chi connectivity index (χ0n) is 19.6. The molecular weight excluding hydrogens is 478 g/mol. The Morgan fingerprint density at radius 1 is 1.06 bits per heavy atom. The topological polar surface area (TPSA) is 65.4 Å². The van der Waals surface area contributed by atoms with Crippen molar-refractivity contribution in [1.82, 2.24) is 15.1 Å². The van der Waals surface area contributed by atoms with Crippen molar-refractivity contribution in [2.24, 2.45) is 0 Å². The van der Waals surface area contributed by atoms with Gasteiger partial charge in [-0.1, -0.05) is 6.07 Å². The molecule has 0 aliphatic heterocycles. The van der Waals surface area contributed by atoms with E-state index in [1.165, 1.54) is 44.4 Å². The highest BCUT2D eigenvalue weighted by Gasteiger charge is 2.35. The standard InChI is InChI=1S/C26H23F4N3O3/c1-15(32-25(34)26(2,29)30)24(16-4-11-23(35-3)21(28)13-16)36-20-9-10-22-17(12-20)14-31-33(22)19-7-5-18(27)6-8-19/h4-15,24H,1-3H3,(H,32,34)/t15-,24+/m0/s1. The summed E-state index contributed by atoms with van der Waals surface area (Å²) in [7, 11) is 1.32. The number of ether oxygens (including phenoxy) is 2. The van der Waals surface area contributed by atoms with Crippen LogP contribution in [0.5, 0.6) is 11.5 Å². The quantitative estimate of drug-likeness (QED) is 0.320. The fourth-order valence-electron chi connectivity index (χ4n) is 3.75. The summed E-state index contributed by atoms with van der Waals surface area (Å²) >= 11 is 0. The molecule has 1 heterocycles. The highest BCUT2D eigenvalue weighted by Crippen LogP contribution is 2.31. The Balaban J connectivity index is 1.66. The van der Waals surface area contributed by atoms with Gasteiger partial charge in [0.05, 0.1) is 30.6 Å². The molecule has 0 aliphatic carbocycles. The lowest BCUT2D eigenvalue weighted by Gasteiger charge is -2.27. The number of carbonyl (C=O) groups excluding carboxylic acids is 1.